The highest BCUT2D eigenvalue weighted by Crippen LogP contribution is 2.23. The average molecular weight is 300 g/mol. The van der Waals surface area contributed by atoms with Gasteiger partial charge in [0.05, 0.1) is 0 Å². The molecule has 0 spiro atoms. The summed E-state index contributed by atoms with van der Waals surface area (Å²) >= 11 is 0. The lowest BCUT2D eigenvalue weighted by atomic mass is 10.1. The Balaban J connectivity index is 1.88. The largest absolute Gasteiger partial charge is 0.318 e. The van der Waals surface area contributed by atoms with Crippen LogP contribution in [0.4, 0.5) is 0 Å². The highest BCUT2D eigenvalue weighted by molar-refractivity contribution is 4.55. The SMILES string of the molecule is CCCCCCCC[C@@H]1OO[C@H](CCCCCCCC)O1. The van der Waals surface area contributed by atoms with Crippen LogP contribution in [0.1, 0.15) is 104 Å². The van der Waals surface area contributed by atoms with Gasteiger partial charge < -0.3 is 4.74 Å². The molecular weight excluding hydrogens is 264 g/mol. The summed E-state index contributed by atoms with van der Waals surface area (Å²) in [4.78, 5) is 10.5. The second kappa shape index (κ2) is 13.5. The molecular formula is C18H36O3. The maximum absolute atomic E-state index is 5.77. The predicted molar refractivity (Wildman–Crippen MR) is 86.8 cm³/mol. The van der Waals surface area contributed by atoms with Crippen LogP contribution in [0.2, 0.25) is 0 Å². The van der Waals surface area contributed by atoms with Crippen molar-refractivity contribution in [3.8, 4) is 0 Å². The molecule has 0 bridgehead atoms. The molecule has 0 aromatic heterocycles. The van der Waals surface area contributed by atoms with E-state index < -0.39 is 0 Å². The van der Waals surface area contributed by atoms with Gasteiger partial charge in [-0.3, -0.25) is 0 Å². The number of rotatable bonds is 14. The van der Waals surface area contributed by atoms with E-state index in [2.05, 4.69) is 13.8 Å². The third kappa shape index (κ3) is 10.3. The number of unbranched alkanes of at least 4 members (excludes halogenated alkanes) is 10. The van der Waals surface area contributed by atoms with Crippen molar-refractivity contribution in [2.75, 3.05) is 0 Å². The third-order valence-electron chi connectivity index (χ3n) is 4.16. The zero-order valence-electron chi connectivity index (χ0n) is 14.3. The van der Waals surface area contributed by atoms with Crippen molar-refractivity contribution >= 4 is 0 Å². The molecule has 1 saturated heterocycles. The lowest BCUT2D eigenvalue weighted by Gasteiger charge is -2.08. The van der Waals surface area contributed by atoms with E-state index in [0.717, 1.165) is 12.8 Å². The van der Waals surface area contributed by atoms with Crippen LogP contribution in [0.5, 0.6) is 0 Å². The molecule has 1 aliphatic heterocycles. The fourth-order valence-corrected chi connectivity index (χ4v) is 2.75. The maximum atomic E-state index is 5.77. The standard InChI is InChI=1S/C18H36O3/c1-3-5-7-9-11-13-15-17-19-18(21-20-17)16-14-12-10-8-6-4-2/h17-18H,3-16H2,1-2H3/t17-,18+. The first kappa shape index (κ1) is 18.9. The van der Waals surface area contributed by atoms with Crippen molar-refractivity contribution in [2.45, 2.75) is 116 Å². The Kier molecular flexibility index (Phi) is 12.2. The number of hydrogen-bond acceptors (Lipinski definition) is 3. The van der Waals surface area contributed by atoms with E-state index in [4.69, 9.17) is 14.5 Å². The molecule has 0 aromatic rings. The number of ether oxygens (including phenoxy) is 1. The molecule has 0 saturated carbocycles. The van der Waals surface area contributed by atoms with Gasteiger partial charge in [-0.25, -0.2) is 9.78 Å². The van der Waals surface area contributed by atoms with Gasteiger partial charge in [-0.1, -0.05) is 78.1 Å². The van der Waals surface area contributed by atoms with E-state index >= 15 is 0 Å². The van der Waals surface area contributed by atoms with Gasteiger partial charge in [0.2, 0.25) is 0 Å². The summed E-state index contributed by atoms with van der Waals surface area (Å²) < 4.78 is 5.77. The molecule has 1 heterocycles. The summed E-state index contributed by atoms with van der Waals surface area (Å²) in [6, 6.07) is 0. The Labute approximate surface area is 131 Å². The monoisotopic (exact) mass is 300 g/mol. The van der Waals surface area contributed by atoms with Crippen molar-refractivity contribution < 1.29 is 14.5 Å². The normalized spacial score (nSPS) is 22.0. The van der Waals surface area contributed by atoms with Crippen LogP contribution in [0.25, 0.3) is 0 Å². The highest BCUT2D eigenvalue weighted by atomic mass is 17.3. The van der Waals surface area contributed by atoms with E-state index in [0.29, 0.717) is 0 Å². The quantitative estimate of drug-likeness (QED) is 0.286. The Morgan fingerprint density at radius 2 is 0.905 bits per heavy atom. The van der Waals surface area contributed by atoms with E-state index in [9.17, 15) is 0 Å². The van der Waals surface area contributed by atoms with Crippen molar-refractivity contribution in [3.63, 3.8) is 0 Å². The van der Waals surface area contributed by atoms with Gasteiger partial charge in [0, 0.05) is 12.8 Å². The topological polar surface area (TPSA) is 27.7 Å². The molecule has 0 radical (unpaired) electrons. The summed E-state index contributed by atoms with van der Waals surface area (Å²) in [6.07, 6.45) is 17.4. The fourth-order valence-electron chi connectivity index (χ4n) is 2.75. The molecule has 1 rings (SSSR count). The number of hydrogen-bond donors (Lipinski definition) is 0. The van der Waals surface area contributed by atoms with Gasteiger partial charge in [-0.15, -0.1) is 0 Å². The summed E-state index contributed by atoms with van der Waals surface area (Å²) in [5.74, 6) is 0. The molecule has 0 N–H and O–H groups in total. The third-order valence-corrected chi connectivity index (χ3v) is 4.16. The first-order valence-corrected chi connectivity index (χ1v) is 9.34. The van der Waals surface area contributed by atoms with Crippen molar-refractivity contribution in [1.29, 1.82) is 0 Å². The van der Waals surface area contributed by atoms with Crippen LogP contribution in [0.3, 0.4) is 0 Å². The summed E-state index contributed by atoms with van der Waals surface area (Å²) in [5, 5.41) is 0. The van der Waals surface area contributed by atoms with Gasteiger partial charge in [-0.2, -0.15) is 0 Å². The summed E-state index contributed by atoms with van der Waals surface area (Å²) in [5.41, 5.74) is 0. The van der Waals surface area contributed by atoms with Crippen LogP contribution in [0, 0.1) is 0 Å². The van der Waals surface area contributed by atoms with Crippen molar-refractivity contribution in [2.24, 2.45) is 0 Å². The molecule has 0 aromatic carbocycles. The Morgan fingerprint density at radius 3 is 1.33 bits per heavy atom. The first-order chi connectivity index (χ1) is 10.4. The van der Waals surface area contributed by atoms with Crippen molar-refractivity contribution in [1.82, 2.24) is 0 Å². The van der Waals surface area contributed by atoms with Crippen LogP contribution < -0.4 is 0 Å². The molecule has 3 nitrogen and oxygen atoms in total. The lowest BCUT2D eigenvalue weighted by molar-refractivity contribution is -0.298. The molecule has 3 heteroatoms. The molecule has 1 aliphatic rings. The molecule has 0 unspecified atom stereocenters. The molecule has 2 atom stereocenters. The summed E-state index contributed by atoms with van der Waals surface area (Å²) in [7, 11) is 0. The molecule has 126 valence electrons. The minimum absolute atomic E-state index is 0.124. The molecule has 0 aliphatic carbocycles. The van der Waals surface area contributed by atoms with Gasteiger partial charge in [-0.05, 0) is 12.8 Å². The zero-order valence-corrected chi connectivity index (χ0v) is 14.3. The van der Waals surface area contributed by atoms with Gasteiger partial charge in [0.15, 0.2) is 12.6 Å². The Hall–Kier alpha value is -0.120. The molecule has 0 amide bonds. The maximum Gasteiger partial charge on any atom is 0.194 e. The molecule has 21 heavy (non-hydrogen) atoms. The van der Waals surface area contributed by atoms with Crippen LogP contribution in [-0.4, -0.2) is 12.6 Å². The van der Waals surface area contributed by atoms with E-state index in [-0.39, 0.29) is 12.6 Å². The fraction of sp³-hybridized carbons (Fsp3) is 1.00. The second-order valence-corrected chi connectivity index (χ2v) is 6.30. The van der Waals surface area contributed by atoms with Crippen LogP contribution >= 0.6 is 0 Å². The summed E-state index contributed by atoms with van der Waals surface area (Å²) in [6.45, 7) is 4.50. The minimum atomic E-state index is -0.124. The minimum Gasteiger partial charge on any atom is -0.318 e. The lowest BCUT2D eigenvalue weighted by Crippen LogP contribution is -2.11. The van der Waals surface area contributed by atoms with E-state index in [1.807, 2.05) is 0 Å². The molecule has 1 fully saturated rings. The zero-order chi connectivity index (χ0) is 15.2. The Morgan fingerprint density at radius 1 is 0.524 bits per heavy atom. The predicted octanol–water partition coefficient (Wildman–Crippen LogP) is 6.12. The second-order valence-electron chi connectivity index (χ2n) is 6.30. The van der Waals surface area contributed by atoms with Gasteiger partial charge in [0.25, 0.3) is 0 Å². The van der Waals surface area contributed by atoms with Crippen molar-refractivity contribution in [3.05, 3.63) is 0 Å². The smallest absolute Gasteiger partial charge is 0.194 e. The Bertz CT molecular complexity index is 199. The van der Waals surface area contributed by atoms with E-state index in [1.54, 1.807) is 0 Å². The van der Waals surface area contributed by atoms with Gasteiger partial charge >= 0.3 is 0 Å². The highest BCUT2D eigenvalue weighted by Gasteiger charge is 2.26. The first-order valence-electron chi connectivity index (χ1n) is 9.34. The van der Waals surface area contributed by atoms with Crippen LogP contribution in [-0.2, 0) is 14.5 Å². The van der Waals surface area contributed by atoms with Gasteiger partial charge in [0.1, 0.15) is 0 Å². The van der Waals surface area contributed by atoms with E-state index in [1.165, 1.54) is 77.0 Å². The average Bonchev–Trinajstić information content (AvgIpc) is 2.94. The van der Waals surface area contributed by atoms with Crippen LogP contribution in [0.15, 0.2) is 0 Å².